The van der Waals surface area contributed by atoms with Gasteiger partial charge in [-0.15, -0.1) is 0 Å². The molecule has 1 aliphatic rings. The van der Waals surface area contributed by atoms with Gasteiger partial charge in [0, 0.05) is 20.2 Å². The summed E-state index contributed by atoms with van der Waals surface area (Å²) >= 11 is 0. The first-order valence-electron chi connectivity index (χ1n) is 7.47. The van der Waals surface area contributed by atoms with Crippen molar-refractivity contribution in [2.45, 2.75) is 25.4 Å². The van der Waals surface area contributed by atoms with Crippen molar-refractivity contribution in [3.8, 4) is 5.75 Å². The van der Waals surface area contributed by atoms with Crippen LogP contribution in [-0.2, 0) is 4.74 Å². The van der Waals surface area contributed by atoms with Gasteiger partial charge in [0.25, 0.3) is 0 Å². The molecule has 112 valence electrons. The van der Waals surface area contributed by atoms with Crippen LogP contribution in [0.2, 0.25) is 0 Å². The number of hydrogen-bond acceptors (Lipinski definition) is 4. The summed E-state index contributed by atoms with van der Waals surface area (Å²) in [4.78, 5) is 2.23. The van der Waals surface area contributed by atoms with E-state index in [-0.39, 0.29) is 0 Å². The normalized spacial score (nSPS) is 16.1. The zero-order chi connectivity index (χ0) is 14.2. The van der Waals surface area contributed by atoms with E-state index in [1.54, 1.807) is 7.11 Å². The number of ether oxygens (including phenoxy) is 2. The number of nitrogens with zero attached hydrogens (tertiary/aromatic N) is 1. The molecule has 0 atom stereocenters. The van der Waals surface area contributed by atoms with Crippen LogP contribution in [-0.4, -0.2) is 46.5 Å². The molecule has 1 heterocycles. The minimum atomic E-state index is 0.452. The van der Waals surface area contributed by atoms with E-state index in [0.717, 1.165) is 56.9 Å². The summed E-state index contributed by atoms with van der Waals surface area (Å²) in [6.07, 6.45) is 3.77. The fraction of sp³-hybridized carbons (Fsp3) is 0.625. The first-order chi connectivity index (χ1) is 9.81. The van der Waals surface area contributed by atoms with E-state index in [2.05, 4.69) is 23.3 Å². The standard InChI is InChI=1S/C16H26N2O2/c1-18(15-6-3-4-7-16(15)19-2)12-5-13-20-14-8-10-17-11-9-14/h3-4,6-7,14,17H,5,8-13H2,1-2H3. The van der Waals surface area contributed by atoms with Gasteiger partial charge in [-0.1, -0.05) is 12.1 Å². The molecule has 0 amide bonds. The highest BCUT2D eigenvalue weighted by Crippen LogP contribution is 2.26. The maximum absolute atomic E-state index is 5.93. The van der Waals surface area contributed by atoms with Crippen LogP contribution in [0.25, 0.3) is 0 Å². The molecule has 2 rings (SSSR count). The molecule has 0 bridgehead atoms. The van der Waals surface area contributed by atoms with Crippen LogP contribution >= 0.6 is 0 Å². The lowest BCUT2D eigenvalue weighted by molar-refractivity contribution is 0.0324. The van der Waals surface area contributed by atoms with Gasteiger partial charge in [0.1, 0.15) is 5.75 Å². The number of benzene rings is 1. The predicted molar refractivity (Wildman–Crippen MR) is 82.7 cm³/mol. The third kappa shape index (κ3) is 4.39. The van der Waals surface area contributed by atoms with Crippen molar-refractivity contribution in [3.63, 3.8) is 0 Å². The minimum Gasteiger partial charge on any atom is -0.495 e. The molecule has 1 aromatic rings. The monoisotopic (exact) mass is 278 g/mol. The molecule has 1 saturated heterocycles. The average Bonchev–Trinajstić information content (AvgIpc) is 2.52. The Morgan fingerprint density at radius 2 is 2.00 bits per heavy atom. The predicted octanol–water partition coefficient (Wildman–Crippen LogP) is 2.29. The van der Waals surface area contributed by atoms with Crippen molar-refractivity contribution < 1.29 is 9.47 Å². The van der Waals surface area contributed by atoms with Gasteiger partial charge in [-0.2, -0.15) is 0 Å². The van der Waals surface area contributed by atoms with Crippen LogP contribution in [0.5, 0.6) is 5.75 Å². The van der Waals surface area contributed by atoms with Crippen molar-refractivity contribution in [2.24, 2.45) is 0 Å². The largest absolute Gasteiger partial charge is 0.495 e. The quantitative estimate of drug-likeness (QED) is 0.776. The molecule has 1 N–H and O–H groups in total. The number of para-hydroxylation sites is 2. The lowest BCUT2D eigenvalue weighted by Crippen LogP contribution is -2.33. The molecule has 0 aliphatic carbocycles. The number of anilines is 1. The SMILES string of the molecule is COc1ccccc1N(C)CCCOC1CCNCC1. The van der Waals surface area contributed by atoms with Gasteiger partial charge < -0.3 is 19.7 Å². The summed E-state index contributed by atoms with van der Waals surface area (Å²) in [6.45, 7) is 3.99. The first-order valence-corrected chi connectivity index (χ1v) is 7.47. The molecule has 1 fully saturated rings. The van der Waals surface area contributed by atoms with Crippen LogP contribution in [0.1, 0.15) is 19.3 Å². The van der Waals surface area contributed by atoms with Crippen LogP contribution < -0.4 is 15.0 Å². The van der Waals surface area contributed by atoms with Gasteiger partial charge in [0.05, 0.1) is 18.9 Å². The minimum absolute atomic E-state index is 0.452. The van der Waals surface area contributed by atoms with E-state index in [1.807, 2.05) is 18.2 Å². The van der Waals surface area contributed by atoms with Gasteiger partial charge in [0.15, 0.2) is 0 Å². The molecule has 0 unspecified atom stereocenters. The van der Waals surface area contributed by atoms with Crippen LogP contribution in [0.3, 0.4) is 0 Å². The van der Waals surface area contributed by atoms with Gasteiger partial charge >= 0.3 is 0 Å². The summed E-state index contributed by atoms with van der Waals surface area (Å²) in [5, 5.41) is 3.36. The Hall–Kier alpha value is -1.26. The maximum atomic E-state index is 5.93. The Balaban J connectivity index is 1.70. The lowest BCUT2D eigenvalue weighted by Gasteiger charge is -2.24. The summed E-state index contributed by atoms with van der Waals surface area (Å²) in [5.74, 6) is 0.925. The molecule has 1 aromatic carbocycles. The Morgan fingerprint density at radius 3 is 2.75 bits per heavy atom. The van der Waals surface area contributed by atoms with Gasteiger partial charge in [-0.3, -0.25) is 0 Å². The number of methoxy groups -OCH3 is 1. The van der Waals surface area contributed by atoms with Crippen molar-refractivity contribution in [3.05, 3.63) is 24.3 Å². The molecule has 4 heteroatoms. The van der Waals surface area contributed by atoms with Gasteiger partial charge in [-0.25, -0.2) is 0 Å². The number of rotatable bonds is 7. The Labute approximate surface area is 122 Å². The molecular formula is C16H26N2O2. The van der Waals surface area contributed by atoms with Crippen LogP contribution in [0.15, 0.2) is 24.3 Å². The first kappa shape index (κ1) is 15.1. The second kappa shape index (κ2) is 8.12. The zero-order valence-electron chi connectivity index (χ0n) is 12.6. The van der Waals surface area contributed by atoms with Crippen molar-refractivity contribution in [1.82, 2.24) is 5.32 Å². The molecule has 0 radical (unpaired) electrons. The fourth-order valence-electron chi connectivity index (χ4n) is 2.58. The zero-order valence-corrected chi connectivity index (χ0v) is 12.6. The number of hydrogen-bond donors (Lipinski definition) is 1. The molecule has 20 heavy (non-hydrogen) atoms. The number of piperidine rings is 1. The smallest absolute Gasteiger partial charge is 0.142 e. The van der Waals surface area contributed by atoms with Crippen LogP contribution in [0.4, 0.5) is 5.69 Å². The Morgan fingerprint density at radius 1 is 1.25 bits per heavy atom. The van der Waals surface area contributed by atoms with Crippen molar-refractivity contribution >= 4 is 5.69 Å². The second-order valence-corrected chi connectivity index (χ2v) is 5.27. The topological polar surface area (TPSA) is 33.7 Å². The van der Waals surface area contributed by atoms with Crippen molar-refractivity contribution in [1.29, 1.82) is 0 Å². The molecule has 4 nitrogen and oxygen atoms in total. The van der Waals surface area contributed by atoms with E-state index >= 15 is 0 Å². The highest BCUT2D eigenvalue weighted by molar-refractivity contribution is 5.57. The highest BCUT2D eigenvalue weighted by Gasteiger charge is 2.13. The second-order valence-electron chi connectivity index (χ2n) is 5.27. The molecule has 0 saturated carbocycles. The van der Waals surface area contributed by atoms with E-state index in [9.17, 15) is 0 Å². The molecule has 0 aromatic heterocycles. The lowest BCUT2D eigenvalue weighted by atomic mass is 10.1. The summed E-state index contributed by atoms with van der Waals surface area (Å²) in [5.41, 5.74) is 1.14. The Kier molecular flexibility index (Phi) is 6.15. The van der Waals surface area contributed by atoms with E-state index in [4.69, 9.17) is 9.47 Å². The molecule has 0 spiro atoms. The van der Waals surface area contributed by atoms with Gasteiger partial charge in [0.2, 0.25) is 0 Å². The number of nitrogens with one attached hydrogen (secondary N) is 1. The highest BCUT2D eigenvalue weighted by atomic mass is 16.5. The molecular weight excluding hydrogens is 252 g/mol. The fourth-order valence-corrected chi connectivity index (χ4v) is 2.58. The van der Waals surface area contributed by atoms with Crippen molar-refractivity contribution in [2.75, 3.05) is 45.3 Å². The summed E-state index contributed by atoms with van der Waals surface area (Å²) in [6, 6.07) is 8.13. The van der Waals surface area contributed by atoms with E-state index in [1.165, 1.54) is 0 Å². The van der Waals surface area contributed by atoms with E-state index < -0.39 is 0 Å². The third-order valence-corrected chi connectivity index (χ3v) is 3.77. The molecule has 1 aliphatic heterocycles. The summed E-state index contributed by atoms with van der Waals surface area (Å²) in [7, 11) is 3.81. The Bertz CT molecular complexity index is 392. The average molecular weight is 278 g/mol. The van der Waals surface area contributed by atoms with E-state index in [0.29, 0.717) is 6.10 Å². The summed E-state index contributed by atoms with van der Waals surface area (Å²) < 4.78 is 11.3. The third-order valence-electron chi connectivity index (χ3n) is 3.77. The maximum Gasteiger partial charge on any atom is 0.142 e. The van der Waals surface area contributed by atoms with Gasteiger partial charge in [-0.05, 0) is 44.5 Å². The van der Waals surface area contributed by atoms with Crippen LogP contribution in [0, 0.1) is 0 Å².